The predicted octanol–water partition coefficient (Wildman–Crippen LogP) is 8.59. The lowest BCUT2D eigenvalue weighted by Gasteiger charge is -2.07. The second-order valence-electron chi connectivity index (χ2n) is 6.67. The number of allylic oxidation sites excluding steroid dienone is 4. The molecule has 0 aliphatic rings. The minimum absolute atomic E-state index is 0.488. The van der Waals surface area contributed by atoms with E-state index in [1.165, 1.54) is 89.2 Å². The Bertz CT molecular complexity index is 284. The van der Waals surface area contributed by atoms with Gasteiger partial charge in [-0.2, -0.15) is 12.6 Å². The van der Waals surface area contributed by atoms with Crippen molar-refractivity contribution in [2.24, 2.45) is 0 Å². The summed E-state index contributed by atoms with van der Waals surface area (Å²) in [5.74, 6) is 1.28. The minimum atomic E-state index is 0.488. The molecule has 0 aromatic heterocycles. The summed E-state index contributed by atoms with van der Waals surface area (Å²) < 4.78 is 0.488. The maximum Gasteiger partial charge on any atom is 0.0506 e. The molecule has 0 nitrogen and oxygen atoms in total. The van der Waals surface area contributed by atoms with Crippen molar-refractivity contribution in [3.63, 3.8) is 0 Å². The highest BCUT2D eigenvalue weighted by atomic mass is 32.2. The third kappa shape index (κ3) is 20.2. The molecule has 0 heterocycles. The second kappa shape index (κ2) is 21.2. The average molecular weight is 371 g/mol. The molecule has 0 aliphatic heterocycles. The molecule has 0 fully saturated rings. The van der Waals surface area contributed by atoms with Gasteiger partial charge < -0.3 is 0 Å². The molecule has 0 saturated heterocycles. The van der Waals surface area contributed by atoms with Crippen LogP contribution in [0.15, 0.2) is 24.3 Å². The van der Waals surface area contributed by atoms with Crippen LogP contribution in [0.2, 0.25) is 0 Å². The third-order valence-electron chi connectivity index (χ3n) is 4.21. The van der Waals surface area contributed by atoms with E-state index in [2.05, 4.69) is 38.2 Å². The van der Waals surface area contributed by atoms with Crippen LogP contribution >= 0.6 is 24.4 Å². The number of rotatable bonds is 18. The first-order chi connectivity index (χ1) is 11.8. The lowest BCUT2D eigenvalue weighted by atomic mass is 10.1. The Hall–Kier alpha value is 0.180. The Morgan fingerprint density at radius 1 is 0.708 bits per heavy atom. The molecule has 1 unspecified atom stereocenters. The third-order valence-corrected chi connectivity index (χ3v) is 5.97. The van der Waals surface area contributed by atoms with Gasteiger partial charge in [0.2, 0.25) is 0 Å². The highest BCUT2D eigenvalue weighted by molar-refractivity contribution is 8.10. The fraction of sp³-hybridized carbons (Fsp3) is 0.818. The zero-order valence-corrected chi connectivity index (χ0v) is 18.1. The molecule has 142 valence electrons. The van der Waals surface area contributed by atoms with E-state index in [9.17, 15) is 0 Å². The van der Waals surface area contributed by atoms with Crippen molar-refractivity contribution in [1.29, 1.82) is 0 Å². The summed E-state index contributed by atoms with van der Waals surface area (Å²) in [6, 6.07) is 0. The van der Waals surface area contributed by atoms with Crippen molar-refractivity contribution < 1.29 is 0 Å². The zero-order chi connectivity index (χ0) is 17.7. The van der Waals surface area contributed by atoms with Crippen LogP contribution in [0.4, 0.5) is 0 Å². The summed E-state index contributed by atoms with van der Waals surface area (Å²) in [5, 5.41) is 0. The largest absolute Gasteiger partial charge is 0.165 e. The Morgan fingerprint density at radius 2 is 1.29 bits per heavy atom. The van der Waals surface area contributed by atoms with Gasteiger partial charge in [0.05, 0.1) is 4.58 Å². The SMILES string of the molecule is CCC=CCCCCCCCCSC(S)C/C=C\CCCCCC. The van der Waals surface area contributed by atoms with Gasteiger partial charge in [0, 0.05) is 0 Å². The summed E-state index contributed by atoms with van der Waals surface area (Å²) in [6.07, 6.45) is 27.9. The van der Waals surface area contributed by atoms with Gasteiger partial charge in [0.25, 0.3) is 0 Å². The molecule has 0 aromatic carbocycles. The average Bonchev–Trinajstić information content (AvgIpc) is 2.59. The van der Waals surface area contributed by atoms with Gasteiger partial charge in [-0.05, 0) is 50.7 Å². The van der Waals surface area contributed by atoms with Crippen LogP contribution in [0, 0.1) is 0 Å². The van der Waals surface area contributed by atoms with Crippen molar-refractivity contribution in [1.82, 2.24) is 0 Å². The second-order valence-corrected chi connectivity index (χ2v) is 8.95. The van der Waals surface area contributed by atoms with Gasteiger partial charge in [0.15, 0.2) is 0 Å². The van der Waals surface area contributed by atoms with Crippen LogP contribution in [-0.4, -0.2) is 10.3 Å². The molecule has 0 radical (unpaired) electrons. The van der Waals surface area contributed by atoms with Crippen molar-refractivity contribution in [3.8, 4) is 0 Å². The lowest BCUT2D eigenvalue weighted by Crippen LogP contribution is -1.92. The normalized spacial score (nSPS) is 13.3. The van der Waals surface area contributed by atoms with Crippen molar-refractivity contribution in [3.05, 3.63) is 24.3 Å². The number of hydrogen-bond donors (Lipinski definition) is 1. The summed E-state index contributed by atoms with van der Waals surface area (Å²) in [6.45, 7) is 4.47. The molecule has 0 amide bonds. The van der Waals surface area contributed by atoms with Gasteiger partial charge in [-0.25, -0.2) is 0 Å². The van der Waals surface area contributed by atoms with E-state index in [-0.39, 0.29) is 0 Å². The number of thiol groups is 1. The van der Waals surface area contributed by atoms with E-state index < -0.39 is 0 Å². The van der Waals surface area contributed by atoms with Crippen LogP contribution in [0.3, 0.4) is 0 Å². The van der Waals surface area contributed by atoms with Crippen molar-refractivity contribution >= 4 is 24.4 Å². The molecule has 0 N–H and O–H groups in total. The standard InChI is InChI=1S/C22H42S2/c1-3-5-7-9-11-12-13-15-17-19-21-24-22(23)20-18-16-14-10-8-6-4-2/h5,7,16,18,22-23H,3-4,6,8-15,17,19-21H2,1-2H3/b7-5?,18-16-. The number of hydrogen-bond acceptors (Lipinski definition) is 2. The Labute approximate surface area is 162 Å². The maximum absolute atomic E-state index is 4.69. The smallest absolute Gasteiger partial charge is 0.0506 e. The van der Waals surface area contributed by atoms with E-state index in [4.69, 9.17) is 12.6 Å². The first kappa shape index (κ1) is 24.2. The van der Waals surface area contributed by atoms with E-state index >= 15 is 0 Å². The van der Waals surface area contributed by atoms with Crippen LogP contribution in [0.25, 0.3) is 0 Å². The fourth-order valence-corrected chi connectivity index (χ4v) is 3.99. The van der Waals surface area contributed by atoms with Crippen LogP contribution in [0.1, 0.15) is 104 Å². The summed E-state index contributed by atoms with van der Waals surface area (Å²) >= 11 is 6.72. The first-order valence-corrected chi connectivity index (χ1v) is 12.0. The molecule has 1 atom stereocenters. The molecule has 0 aromatic rings. The molecular formula is C22H42S2. The van der Waals surface area contributed by atoms with E-state index in [0.717, 1.165) is 6.42 Å². The molecule has 0 spiro atoms. The molecular weight excluding hydrogens is 328 g/mol. The highest BCUT2D eigenvalue weighted by Gasteiger charge is 2.00. The quantitative estimate of drug-likeness (QED) is 0.109. The van der Waals surface area contributed by atoms with Gasteiger partial charge in [0.1, 0.15) is 0 Å². The zero-order valence-electron chi connectivity index (χ0n) is 16.3. The molecule has 2 heteroatoms. The van der Waals surface area contributed by atoms with Crippen LogP contribution < -0.4 is 0 Å². The number of unbranched alkanes of at least 4 members (excludes halogenated alkanes) is 10. The fourth-order valence-electron chi connectivity index (χ4n) is 2.66. The van der Waals surface area contributed by atoms with Gasteiger partial charge in [-0.1, -0.05) is 83.1 Å². The van der Waals surface area contributed by atoms with E-state index in [1.54, 1.807) is 0 Å². The lowest BCUT2D eigenvalue weighted by molar-refractivity contribution is 0.613. The molecule has 0 saturated carbocycles. The minimum Gasteiger partial charge on any atom is -0.165 e. The number of thioether (sulfide) groups is 1. The molecule has 0 aliphatic carbocycles. The molecule has 0 bridgehead atoms. The maximum atomic E-state index is 4.69. The highest BCUT2D eigenvalue weighted by Crippen LogP contribution is 2.21. The predicted molar refractivity (Wildman–Crippen MR) is 119 cm³/mol. The van der Waals surface area contributed by atoms with Crippen LogP contribution in [-0.2, 0) is 0 Å². The molecule has 0 rings (SSSR count). The van der Waals surface area contributed by atoms with Crippen molar-refractivity contribution in [2.45, 2.75) is 108 Å². The summed E-state index contributed by atoms with van der Waals surface area (Å²) in [7, 11) is 0. The van der Waals surface area contributed by atoms with E-state index in [1.807, 2.05) is 11.8 Å². The van der Waals surface area contributed by atoms with Crippen LogP contribution in [0.5, 0.6) is 0 Å². The topological polar surface area (TPSA) is 0 Å². The summed E-state index contributed by atoms with van der Waals surface area (Å²) in [5.41, 5.74) is 0. The first-order valence-electron chi connectivity index (χ1n) is 10.4. The Balaban J connectivity index is 3.24. The van der Waals surface area contributed by atoms with Gasteiger partial charge in [-0.3, -0.25) is 0 Å². The summed E-state index contributed by atoms with van der Waals surface area (Å²) in [4.78, 5) is 0. The van der Waals surface area contributed by atoms with Gasteiger partial charge >= 0.3 is 0 Å². The Kier molecular flexibility index (Phi) is 21.4. The van der Waals surface area contributed by atoms with E-state index in [0.29, 0.717) is 4.58 Å². The van der Waals surface area contributed by atoms with Crippen molar-refractivity contribution in [2.75, 3.05) is 5.75 Å². The molecule has 24 heavy (non-hydrogen) atoms. The van der Waals surface area contributed by atoms with Gasteiger partial charge in [-0.15, -0.1) is 11.8 Å². The Morgan fingerprint density at radius 3 is 1.96 bits per heavy atom. The monoisotopic (exact) mass is 370 g/mol.